The third-order valence-corrected chi connectivity index (χ3v) is 15.0. The summed E-state index contributed by atoms with van der Waals surface area (Å²) in [5.74, 6) is 0.398. The Labute approximate surface area is 303 Å². The van der Waals surface area contributed by atoms with Crippen molar-refractivity contribution in [3.05, 3.63) is 0 Å². The first-order valence-electron chi connectivity index (χ1n) is 19.5. The normalized spacial score (nSPS) is 55.8. The molecular weight excluding hydrogens is 684 g/mol. The van der Waals surface area contributed by atoms with Gasteiger partial charge in [0, 0.05) is 24.2 Å². The standard InChI is InChI=1S/C37H58O15/c1-16-25-22(52-37(16)46-9-4-10-47-37)12-20-19-6-5-17-11-18(7-8-35(17,2)26(19)21(40)13-36(20,25)3)48-33-31(45)29(43)32(24(15-39)50-33)51-34-30(44)28(42)27(41)23(14-38)49-34/h16-20,22-34,38-39,41-45H,4-15H2,1-3H3. The lowest BCUT2D eigenvalue weighted by Crippen LogP contribution is -2.65. The molecular formula is C37H58O15. The number of ketones is 1. The molecule has 52 heavy (non-hydrogen) atoms. The molecule has 4 aliphatic carbocycles. The lowest BCUT2D eigenvalue weighted by Gasteiger charge is -2.60. The van der Waals surface area contributed by atoms with Crippen molar-refractivity contribution < 1.29 is 73.7 Å². The SMILES string of the molecule is CC1C2C(CC3C4CCC5CC(OC6OC(CO)C(OC7OC(CO)C(O)C(O)C7O)C(O)C6O)CCC5(C)C4C(=O)CC32C)OC12OCCCO2. The molecule has 0 aromatic rings. The van der Waals surface area contributed by atoms with Crippen LogP contribution in [0.5, 0.6) is 0 Å². The molecule has 20 atom stereocenters. The Morgan fingerprint density at radius 3 is 2.17 bits per heavy atom. The van der Waals surface area contributed by atoms with E-state index < -0.39 is 80.6 Å². The maximum Gasteiger partial charge on any atom is 0.286 e. The molecule has 4 heterocycles. The molecule has 8 rings (SSSR count). The van der Waals surface area contributed by atoms with Gasteiger partial charge in [-0.05, 0) is 73.5 Å². The highest BCUT2D eigenvalue weighted by atomic mass is 16.9. The Hall–Kier alpha value is -0.890. The number of hydrogen-bond donors (Lipinski definition) is 7. The molecule has 0 aromatic heterocycles. The summed E-state index contributed by atoms with van der Waals surface area (Å²) in [4.78, 5) is 14.4. The van der Waals surface area contributed by atoms with Gasteiger partial charge >= 0.3 is 0 Å². The van der Waals surface area contributed by atoms with Crippen LogP contribution in [0.2, 0.25) is 0 Å². The fourth-order valence-corrected chi connectivity index (χ4v) is 12.5. The van der Waals surface area contributed by atoms with E-state index in [4.69, 9.17) is 33.2 Å². The van der Waals surface area contributed by atoms with Gasteiger partial charge in [0.15, 0.2) is 12.6 Å². The second-order valence-corrected chi connectivity index (χ2v) is 17.6. The lowest BCUT2D eigenvalue weighted by atomic mass is 9.44. The molecule has 1 spiro atoms. The zero-order chi connectivity index (χ0) is 36.9. The van der Waals surface area contributed by atoms with Crippen molar-refractivity contribution in [1.82, 2.24) is 0 Å². The fourth-order valence-electron chi connectivity index (χ4n) is 12.5. The lowest BCUT2D eigenvalue weighted by molar-refractivity contribution is -0.406. The van der Waals surface area contributed by atoms with E-state index in [1.165, 1.54) is 0 Å². The number of Topliss-reactive ketones (excluding diaryl/α,β-unsaturated/α-hetero) is 1. The molecule has 0 bridgehead atoms. The maximum atomic E-state index is 14.4. The minimum absolute atomic E-state index is 0.00606. The summed E-state index contributed by atoms with van der Waals surface area (Å²) >= 11 is 0. The molecule has 4 saturated carbocycles. The van der Waals surface area contributed by atoms with Crippen molar-refractivity contribution in [1.29, 1.82) is 0 Å². The number of carbonyl (C=O) groups excluding carboxylic acids is 1. The molecule has 296 valence electrons. The van der Waals surface area contributed by atoms with Gasteiger partial charge in [-0.2, -0.15) is 0 Å². The van der Waals surface area contributed by atoms with Gasteiger partial charge in [0.1, 0.15) is 54.6 Å². The van der Waals surface area contributed by atoms with Crippen molar-refractivity contribution in [2.24, 2.45) is 46.3 Å². The van der Waals surface area contributed by atoms with Crippen LogP contribution < -0.4 is 0 Å². The van der Waals surface area contributed by atoms with Gasteiger partial charge in [0.25, 0.3) is 5.97 Å². The smallest absolute Gasteiger partial charge is 0.286 e. The van der Waals surface area contributed by atoms with Gasteiger partial charge < -0.3 is 68.9 Å². The average molecular weight is 743 g/mol. The topological polar surface area (TPSA) is 223 Å². The second-order valence-electron chi connectivity index (χ2n) is 17.6. The highest BCUT2D eigenvalue weighted by molar-refractivity contribution is 5.84. The Balaban J connectivity index is 0.913. The van der Waals surface area contributed by atoms with E-state index in [0.717, 1.165) is 32.1 Å². The summed E-state index contributed by atoms with van der Waals surface area (Å²) in [7, 11) is 0. The Kier molecular flexibility index (Phi) is 10.2. The van der Waals surface area contributed by atoms with Crippen molar-refractivity contribution in [3.8, 4) is 0 Å². The molecule has 4 aliphatic heterocycles. The fraction of sp³-hybridized carbons (Fsp3) is 0.973. The molecule has 7 N–H and O–H groups in total. The molecule has 15 heteroatoms. The van der Waals surface area contributed by atoms with Crippen LogP contribution in [0.25, 0.3) is 0 Å². The largest absolute Gasteiger partial charge is 0.394 e. The highest BCUT2D eigenvalue weighted by Crippen LogP contribution is 2.70. The number of rotatable bonds is 6. The van der Waals surface area contributed by atoms with Crippen LogP contribution in [0.4, 0.5) is 0 Å². The van der Waals surface area contributed by atoms with Crippen LogP contribution in [0.3, 0.4) is 0 Å². The summed E-state index contributed by atoms with van der Waals surface area (Å²) in [5, 5.41) is 72.7. The molecule has 0 aromatic carbocycles. The summed E-state index contributed by atoms with van der Waals surface area (Å²) < 4.78 is 42.2. The van der Waals surface area contributed by atoms with Gasteiger partial charge in [-0.15, -0.1) is 0 Å². The maximum absolute atomic E-state index is 14.4. The highest BCUT2D eigenvalue weighted by Gasteiger charge is 2.71. The zero-order valence-electron chi connectivity index (χ0n) is 30.3. The van der Waals surface area contributed by atoms with E-state index in [9.17, 15) is 40.5 Å². The van der Waals surface area contributed by atoms with Gasteiger partial charge in [-0.1, -0.05) is 20.8 Å². The Bertz CT molecular complexity index is 1310. The van der Waals surface area contributed by atoms with E-state index in [1.807, 2.05) is 0 Å². The van der Waals surface area contributed by atoms with Gasteiger partial charge in [0.05, 0.1) is 38.6 Å². The molecule has 0 amide bonds. The van der Waals surface area contributed by atoms with E-state index in [0.29, 0.717) is 44.2 Å². The molecule has 8 aliphatic rings. The van der Waals surface area contributed by atoms with Crippen LogP contribution in [0, 0.1) is 46.3 Å². The van der Waals surface area contributed by atoms with Crippen LogP contribution in [-0.4, -0.2) is 148 Å². The van der Waals surface area contributed by atoms with Crippen LogP contribution in [-0.2, 0) is 38.0 Å². The van der Waals surface area contributed by atoms with Gasteiger partial charge in [0.2, 0.25) is 0 Å². The van der Waals surface area contributed by atoms with Crippen molar-refractivity contribution in [3.63, 3.8) is 0 Å². The first kappa shape index (κ1) is 38.0. The number of ether oxygens (including phenoxy) is 7. The van der Waals surface area contributed by atoms with Crippen LogP contribution >= 0.6 is 0 Å². The summed E-state index contributed by atoms with van der Waals surface area (Å²) in [6.45, 7) is 6.68. The van der Waals surface area contributed by atoms with E-state index in [1.54, 1.807) is 0 Å². The third kappa shape index (κ3) is 5.79. The third-order valence-electron chi connectivity index (χ3n) is 15.0. The predicted octanol–water partition coefficient (Wildman–Crippen LogP) is -0.431. The van der Waals surface area contributed by atoms with Gasteiger partial charge in [-0.3, -0.25) is 4.79 Å². The minimum atomic E-state index is -1.74. The summed E-state index contributed by atoms with van der Waals surface area (Å²) in [5.41, 5.74) is -0.381. The number of aliphatic hydroxyl groups is 7. The monoisotopic (exact) mass is 742 g/mol. The first-order chi connectivity index (χ1) is 24.8. The zero-order valence-corrected chi connectivity index (χ0v) is 30.3. The second kappa shape index (κ2) is 13.9. The minimum Gasteiger partial charge on any atom is -0.394 e. The summed E-state index contributed by atoms with van der Waals surface area (Å²) in [6, 6.07) is 0. The van der Waals surface area contributed by atoms with E-state index in [2.05, 4.69) is 20.8 Å². The first-order valence-corrected chi connectivity index (χ1v) is 19.5. The molecule has 15 nitrogen and oxygen atoms in total. The molecule has 20 unspecified atom stereocenters. The van der Waals surface area contributed by atoms with Crippen LogP contribution in [0.15, 0.2) is 0 Å². The van der Waals surface area contributed by atoms with E-state index >= 15 is 0 Å². The average Bonchev–Trinajstić information content (AvgIpc) is 3.56. The van der Waals surface area contributed by atoms with Crippen LogP contribution in [0.1, 0.15) is 72.1 Å². The predicted molar refractivity (Wildman–Crippen MR) is 176 cm³/mol. The Morgan fingerprint density at radius 1 is 0.788 bits per heavy atom. The van der Waals surface area contributed by atoms with Crippen molar-refractivity contribution in [2.45, 2.75) is 152 Å². The molecule has 4 saturated heterocycles. The number of carbonyl (C=O) groups is 1. The molecule has 0 radical (unpaired) electrons. The number of fused-ring (bicyclic) bond motifs is 7. The number of hydrogen-bond acceptors (Lipinski definition) is 15. The summed E-state index contributed by atoms with van der Waals surface area (Å²) in [6.07, 6.45) is -9.07. The van der Waals surface area contributed by atoms with Crippen molar-refractivity contribution in [2.75, 3.05) is 26.4 Å². The number of aliphatic hydroxyl groups excluding tert-OH is 7. The van der Waals surface area contributed by atoms with Gasteiger partial charge in [-0.25, -0.2) is 0 Å². The quantitative estimate of drug-likeness (QED) is 0.172. The molecule has 8 fully saturated rings. The Morgan fingerprint density at radius 2 is 1.46 bits per heavy atom. The van der Waals surface area contributed by atoms with Crippen molar-refractivity contribution >= 4 is 5.78 Å². The van der Waals surface area contributed by atoms with E-state index in [-0.39, 0.29) is 52.6 Å².